The molecule has 0 unspecified atom stereocenters. The Bertz CT molecular complexity index is 1360. The number of alkyl halides is 2. The van der Waals surface area contributed by atoms with E-state index >= 15 is 0 Å². The maximum absolute atomic E-state index is 13.7. The van der Waals surface area contributed by atoms with Crippen LogP contribution in [-0.2, 0) is 4.74 Å². The minimum atomic E-state index is -2.95. The highest BCUT2D eigenvalue weighted by molar-refractivity contribution is 6.35. The van der Waals surface area contributed by atoms with Gasteiger partial charge in [-0.05, 0) is 25.2 Å². The van der Waals surface area contributed by atoms with E-state index in [-0.39, 0.29) is 43.1 Å². The molecule has 2 aliphatic rings. The Morgan fingerprint density at radius 1 is 1.35 bits per heavy atom. The lowest BCUT2D eigenvalue weighted by atomic mass is 10.0. The smallest absolute Gasteiger partial charge is 0.283 e. The van der Waals surface area contributed by atoms with E-state index in [1.807, 2.05) is 17.0 Å². The first-order valence-electron chi connectivity index (χ1n) is 11.5. The van der Waals surface area contributed by atoms with Crippen molar-refractivity contribution in [2.75, 3.05) is 37.8 Å². The van der Waals surface area contributed by atoms with Crippen molar-refractivity contribution in [1.29, 1.82) is 5.26 Å². The van der Waals surface area contributed by atoms with E-state index in [4.69, 9.17) is 16.3 Å². The van der Waals surface area contributed by atoms with Gasteiger partial charge in [-0.3, -0.25) is 4.99 Å². The molecule has 2 N–H and O–H groups in total. The van der Waals surface area contributed by atoms with Crippen LogP contribution in [0.4, 0.5) is 14.6 Å². The quantitative estimate of drug-likeness (QED) is 0.510. The van der Waals surface area contributed by atoms with Crippen LogP contribution in [-0.4, -0.2) is 69.5 Å². The molecule has 0 amide bonds. The molecule has 0 bridgehead atoms. The second kappa shape index (κ2) is 11.3. The van der Waals surface area contributed by atoms with Crippen LogP contribution in [0.15, 0.2) is 46.6 Å². The number of nitriles is 1. The predicted molar refractivity (Wildman–Crippen MR) is 136 cm³/mol. The Labute approximate surface area is 217 Å². The molecule has 0 spiro atoms. The Kier molecular flexibility index (Phi) is 8.14. The number of nitrogens with zero attached hydrogens (tertiary/aromatic N) is 6. The zero-order chi connectivity index (χ0) is 26.7. The summed E-state index contributed by atoms with van der Waals surface area (Å²) in [6, 6.07) is 1.82. The van der Waals surface area contributed by atoms with Crippen LogP contribution in [0, 0.1) is 24.2 Å². The number of allylic oxidation sites excluding steroid dienone is 5. The largest absolute Gasteiger partial charge is 0.396 e. The fourth-order valence-corrected chi connectivity index (χ4v) is 4.23. The van der Waals surface area contributed by atoms with Crippen LogP contribution in [0.3, 0.4) is 0 Å². The number of anilines is 1. The maximum atomic E-state index is 13.7. The van der Waals surface area contributed by atoms with E-state index < -0.39 is 12.1 Å². The van der Waals surface area contributed by atoms with Gasteiger partial charge in [0.15, 0.2) is 5.65 Å². The third kappa shape index (κ3) is 5.33. The lowest BCUT2D eigenvalue weighted by molar-refractivity contribution is -0.0124. The number of rotatable bonds is 9. The van der Waals surface area contributed by atoms with E-state index in [0.717, 1.165) is 0 Å². The first kappa shape index (κ1) is 26.6. The van der Waals surface area contributed by atoms with E-state index in [0.29, 0.717) is 46.5 Å². The molecule has 1 aliphatic heterocycles. The third-order valence-corrected chi connectivity index (χ3v) is 6.30. The average molecular weight is 531 g/mol. The molecule has 194 valence electrons. The van der Waals surface area contributed by atoms with E-state index in [2.05, 4.69) is 21.7 Å². The molecule has 1 fully saturated rings. The highest BCUT2D eigenvalue weighted by Crippen LogP contribution is 2.35. The van der Waals surface area contributed by atoms with Gasteiger partial charge in [0.1, 0.15) is 23.1 Å². The van der Waals surface area contributed by atoms with Crippen molar-refractivity contribution in [2.24, 2.45) is 10.9 Å². The van der Waals surface area contributed by atoms with Gasteiger partial charge in [0.05, 0.1) is 37.3 Å². The van der Waals surface area contributed by atoms with Crippen LogP contribution < -0.4 is 4.90 Å². The van der Waals surface area contributed by atoms with Gasteiger partial charge in [-0.1, -0.05) is 24.3 Å². The fraction of sp³-hybridized carbons (Fsp3) is 0.360. The first-order chi connectivity index (χ1) is 17.8. The third-order valence-electron chi connectivity index (χ3n) is 6.07. The van der Waals surface area contributed by atoms with Crippen LogP contribution in [0.1, 0.15) is 28.9 Å². The molecule has 0 saturated carbocycles. The molecular weight excluding hydrogens is 506 g/mol. The number of aromatic nitrogens is 3. The Balaban J connectivity index is 1.81. The number of halogens is 3. The minimum absolute atomic E-state index is 0.0413. The molecule has 0 aromatic carbocycles. The maximum Gasteiger partial charge on any atom is 0.283 e. The van der Waals surface area contributed by atoms with Crippen LogP contribution in [0.5, 0.6) is 0 Å². The Hall–Kier alpha value is -3.43. The van der Waals surface area contributed by atoms with Crippen LogP contribution in [0.2, 0.25) is 0 Å². The highest BCUT2D eigenvalue weighted by atomic mass is 35.5. The first-order valence-corrected chi connectivity index (χ1v) is 11.8. The van der Waals surface area contributed by atoms with E-state index in [1.54, 1.807) is 25.2 Å². The standard InChI is InChI=1S/C25H25ClF2N6O3/c1-3-30-21-7-17(26)5-4-16(21)6-19-14(2)31-24-20(8-29)22(23(27)28)32-34(24)25(19)33-9-18(10-33)37-13-15(11-35)12-36/h3-7,15,18,23,35-36H,1,9-13H2,2H3/b16-6+,30-21?. The van der Waals surface area contributed by atoms with Crippen LogP contribution >= 0.6 is 11.6 Å². The van der Waals surface area contributed by atoms with Crippen molar-refractivity contribution < 1.29 is 23.7 Å². The zero-order valence-electron chi connectivity index (χ0n) is 20.0. The SMILES string of the molecule is C=CN=C1C=C(Cl)C=C/C1=C\c1c(C)nc2c(C#N)c(C(F)F)nn2c1N1CC(OCC(CO)CO)C1. The zero-order valence-corrected chi connectivity index (χ0v) is 20.7. The van der Waals surface area contributed by atoms with E-state index in [9.17, 15) is 24.3 Å². The van der Waals surface area contributed by atoms with Crippen molar-refractivity contribution in [3.8, 4) is 6.07 Å². The summed E-state index contributed by atoms with van der Waals surface area (Å²) in [5.41, 5.74) is 1.49. The van der Waals surface area contributed by atoms with Crippen LogP contribution in [0.25, 0.3) is 11.7 Å². The molecular formula is C25H25ClF2N6O3. The summed E-state index contributed by atoms with van der Waals surface area (Å²) in [6.07, 6.45) is 5.21. The molecule has 3 heterocycles. The topological polar surface area (TPSA) is 119 Å². The van der Waals surface area contributed by atoms with Gasteiger partial charge in [-0.2, -0.15) is 14.9 Å². The highest BCUT2D eigenvalue weighted by Gasteiger charge is 2.34. The molecule has 4 rings (SSSR count). The summed E-state index contributed by atoms with van der Waals surface area (Å²) in [5, 5.41) is 32.7. The molecule has 12 heteroatoms. The summed E-state index contributed by atoms with van der Waals surface area (Å²) in [7, 11) is 0. The summed E-state index contributed by atoms with van der Waals surface area (Å²) in [4.78, 5) is 10.6. The van der Waals surface area contributed by atoms with Gasteiger partial charge in [0.2, 0.25) is 0 Å². The number of ether oxygens (including phenoxy) is 1. The summed E-state index contributed by atoms with van der Waals surface area (Å²) < 4.78 is 34.6. The molecule has 2 aromatic rings. The predicted octanol–water partition coefficient (Wildman–Crippen LogP) is 3.31. The second-order valence-electron chi connectivity index (χ2n) is 8.59. The van der Waals surface area contributed by atoms with E-state index in [1.165, 1.54) is 10.7 Å². The summed E-state index contributed by atoms with van der Waals surface area (Å²) >= 11 is 6.14. The number of hydrogen-bond donors (Lipinski definition) is 2. The minimum Gasteiger partial charge on any atom is -0.396 e. The molecule has 1 aliphatic carbocycles. The number of hydrogen-bond acceptors (Lipinski definition) is 8. The van der Waals surface area contributed by atoms with Crippen molar-refractivity contribution in [3.05, 3.63) is 64.1 Å². The lowest BCUT2D eigenvalue weighted by Crippen LogP contribution is -2.54. The number of aliphatic imine (C=N–C) groups is 1. The van der Waals surface area contributed by atoms with Crippen molar-refractivity contribution >= 4 is 34.9 Å². The molecule has 1 saturated heterocycles. The number of fused-ring (bicyclic) bond motifs is 1. The molecule has 9 nitrogen and oxygen atoms in total. The molecule has 0 atom stereocenters. The average Bonchev–Trinajstić information content (AvgIpc) is 3.21. The van der Waals surface area contributed by atoms with Crippen molar-refractivity contribution in [2.45, 2.75) is 19.5 Å². The van der Waals surface area contributed by atoms with Gasteiger partial charge >= 0.3 is 0 Å². The van der Waals surface area contributed by atoms with Gasteiger partial charge in [0.25, 0.3) is 6.43 Å². The number of aliphatic hydroxyl groups is 2. The Morgan fingerprint density at radius 2 is 2.08 bits per heavy atom. The molecule has 2 aromatic heterocycles. The second-order valence-corrected chi connectivity index (χ2v) is 9.03. The van der Waals surface area contributed by atoms with Gasteiger partial charge < -0.3 is 19.8 Å². The van der Waals surface area contributed by atoms with Crippen molar-refractivity contribution in [1.82, 2.24) is 14.6 Å². The fourth-order valence-electron chi connectivity index (χ4n) is 4.06. The van der Waals surface area contributed by atoms with Gasteiger partial charge in [-0.15, -0.1) is 0 Å². The van der Waals surface area contributed by atoms with Gasteiger partial charge in [0, 0.05) is 41.4 Å². The molecule has 0 radical (unpaired) electrons. The lowest BCUT2D eigenvalue weighted by Gasteiger charge is -2.41. The van der Waals surface area contributed by atoms with Gasteiger partial charge in [-0.25, -0.2) is 13.8 Å². The molecule has 37 heavy (non-hydrogen) atoms. The normalized spacial score (nSPS) is 18.2. The monoisotopic (exact) mass is 530 g/mol. The number of aryl methyl sites for hydroxylation is 1. The number of aliphatic hydroxyl groups excluding tert-OH is 2. The Morgan fingerprint density at radius 3 is 2.70 bits per heavy atom. The summed E-state index contributed by atoms with van der Waals surface area (Å²) in [5.74, 6) is 0.0915. The van der Waals surface area contributed by atoms with Crippen molar-refractivity contribution in [3.63, 3.8) is 0 Å². The summed E-state index contributed by atoms with van der Waals surface area (Å²) in [6.45, 7) is 5.96.